The van der Waals surface area contributed by atoms with Crippen LogP contribution in [0.15, 0.2) is 24.3 Å². The lowest BCUT2D eigenvalue weighted by molar-refractivity contribution is -0.133. The van der Waals surface area contributed by atoms with Gasteiger partial charge in [0.05, 0.1) is 0 Å². The highest BCUT2D eigenvalue weighted by Gasteiger charge is 2.21. The van der Waals surface area contributed by atoms with Gasteiger partial charge in [-0.25, -0.2) is 5.84 Å². The highest BCUT2D eigenvalue weighted by molar-refractivity contribution is 5.83. The topological polar surface area (TPSA) is 78.7 Å². The molecule has 21 heavy (non-hydrogen) atoms. The third-order valence-corrected chi connectivity index (χ3v) is 3.73. The third kappa shape index (κ3) is 4.19. The SMILES string of the molecule is Cc1cccc(N2CCN(C(=O)CCC(=O)NN)CC2)c1. The number of anilines is 1. The number of rotatable bonds is 4. The maximum absolute atomic E-state index is 12.0. The Hall–Kier alpha value is -2.08. The number of hydrogen-bond acceptors (Lipinski definition) is 4. The van der Waals surface area contributed by atoms with Gasteiger partial charge >= 0.3 is 0 Å². The lowest BCUT2D eigenvalue weighted by Crippen LogP contribution is -2.49. The highest BCUT2D eigenvalue weighted by atomic mass is 16.2. The van der Waals surface area contributed by atoms with E-state index in [0.29, 0.717) is 13.1 Å². The number of aryl methyl sites for hydroxylation is 1. The minimum absolute atomic E-state index is 0.0162. The Kier molecular flexibility index (Phi) is 5.16. The van der Waals surface area contributed by atoms with Crippen LogP contribution in [0.4, 0.5) is 5.69 Å². The molecular weight excluding hydrogens is 268 g/mol. The van der Waals surface area contributed by atoms with Crippen molar-refractivity contribution in [3.63, 3.8) is 0 Å². The summed E-state index contributed by atoms with van der Waals surface area (Å²) in [5.41, 5.74) is 4.47. The van der Waals surface area contributed by atoms with E-state index in [2.05, 4.69) is 30.0 Å². The van der Waals surface area contributed by atoms with Crippen LogP contribution in [0.2, 0.25) is 0 Å². The Bertz CT molecular complexity index is 510. The zero-order valence-electron chi connectivity index (χ0n) is 12.3. The fourth-order valence-corrected chi connectivity index (χ4v) is 2.49. The maximum Gasteiger partial charge on any atom is 0.234 e. The molecule has 0 aliphatic carbocycles. The zero-order chi connectivity index (χ0) is 15.2. The summed E-state index contributed by atoms with van der Waals surface area (Å²) in [5.74, 6) is 4.71. The summed E-state index contributed by atoms with van der Waals surface area (Å²) >= 11 is 0. The van der Waals surface area contributed by atoms with E-state index in [0.717, 1.165) is 13.1 Å². The fraction of sp³-hybridized carbons (Fsp3) is 0.467. The van der Waals surface area contributed by atoms with Crippen molar-refractivity contribution in [2.75, 3.05) is 31.1 Å². The number of hydrazine groups is 1. The van der Waals surface area contributed by atoms with E-state index in [-0.39, 0.29) is 24.7 Å². The maximum atomic E-state index is 12.0. The van der Waals surface area contributed by atoms with Crippen LogP contribution in [0.1, 0.15) is 18.4 Å². The standard InChI is InChI=1S/C15H22N4O2/c1-12-3-2-4-13(11-12)18-7-9-19(10-8-18)15(21)6-5-14(20)17-16/h2-4,11H,5-10,16H2,1H3,(H,17,20). The molecule has 3 N–H and O–H groups in total. The zero-order valence-corrected chi connectivity index (χ0v) is 12.3. The van der Waals surface area contributed by atoms with Crippen LogP contribution in [0.5, 0.6) is 0 Å². The number of nitrogens with two attached hydrogens (primary N) is 1. The van der Waals surface area contributed by atoms with Gasteiger partial charge in [0.1, 0.15) is 0 Å². The molecule has 1 saturated heterocycles. The third-order valence-electron chi connectivity index (χ3n) is 3.73. The van der Waals surface area contributed by atoms with Gasteiger partial charge in [-0.05, 0) is 24.6 Å². The first kappa shape index (κ1) is 15.3. The first-order valence-electron chi connectivity index (χ1n) is 7.19. The van der Waals surface area contributed by atoms with E-state index in [1.54, 1.807) is 0 Å². The summed E-state index contributed by atoms with van der Waals surface area (Å²) in [7, 11) is 0. The molecule has 1 aromatic rings. The van der Waals surface area contributed by atoms with Gasteiger partial charge in [0.2, 0.25) is 11.8 Å². The van der Waals surface area contributed by atoms with Crippen molar-refractivity contribution in [1.29, 1.82) is 0 Å². The average molecular weight is 290 g/mol. The Labute approximate surface area is 124 Å². The van der Waals surface area contributed by atoms with Gasteiger partial charge in [-0.15, -0.1) is 0 Å². The van der Waals surface area contributed by atoms with Crippen LogP contribution < -0.4 is 16.2 Å². The van der Waals surface area contributed by atoms with Crippen molar-refractivity contribution in [3.05, 3.63) is 29.8 Å². The molecule has 0 unspecified atom stereocenters. The van der Waals surface area contributed by atoms with E-state index >= 15 is 0 Å². The average Bonchev–Trinajstić information content (AvgIpc) is 2.52. The molecule has 1 fully saturated rings. The molecule has 6 heteroatoms. The highest BCUT2D eigenvalue weighted by Crippen LogP contribution is 2.18. The van der Waals surface area contributed by atoms with Crippen LogP contribution in [0, 0.1) is 6.92 Å². The smallest absolute Gasteiger partial charge is 0.234 e. The minimum atomic E-state index is -0.304. The number of hydrogen-bond donors (Lipinski definition) is 2. The van der Waals surface area contributed by atoms with E-state index in [9.17, 15) is 9.59 Å². The van der Waals surface area contributed by atoms with Crippen LogP contribution >= 0.6 is 0 Å². The summed E-state index contributed by atoms with van der Waals surface area (Å²) in [6.45, 7) is 5.09. The second-order valence-electron chi connectivity index (χ2n) is 5.27. The van der Waals surface area contributed by atoms with Crippen LogP contribution in [-0.4, -0.2) is 42.9 Å². The molecule has 6 nitrogen and oxygen atoms in total. The van der Waals surface area contributed by atoms with Crippen molar-refractivity contribution < 1.29 is 9.59 Å². The molecule has 0 spiro atoms. The van der Waals surface area contributed by atoms with Crippen molar-refractivity contribution >= 4 is 17.5 Å². The Morgan fingerprint density at radius 3 is 2.52 bits per heavy atom. The molecule has 0 radical (unpaired) electrons. The molecule has 2 amide bonds. The van der Waals surface area contributed by atoms with Crippen molar-refractivity contribution in [1.82, 2.24) is 10.3 Å². The molecule has 1 aliphatic rings. The summed E-state index contributed by atoms with van der Waals surface area (Å²) in [5, 5.41) is 0. The van der Waals surface area contributed by atoms with E-state index < -0.39 is 0 Å². The second-order valence-corrected chi connectivity index (χ2v) is 5.27. The molecule has 0 saturated carbocycles. The van der Waals surface area contributed by atoms with Gasteiger partial charge in [-0.3, -0.25) is 15.0 Å². The molecule has 114 valence electrons. The molecule has 0 bridgehead atoms. The number of nitrogens with one attached hydrogen (secondary N) is 1. The second kappa shape index (κ2) is 7.08. The summed E-state index contributed by atoms with van der Waals surface area (Å²) in [4.78, 5) is 27.2. The summed E-state index contributed by atoms with van der Waals surface area (Å²) in [6, 6.07) is 8.37. The van der Waals surface area contributed by atoms with Gasteiger partial charge in [-0.1, -0.05) is 12.1 Å². The number of amides is 2. The molecule has 1 heterocycles. The van der Waals surface area contributed by atoms with Gasteiger partial charge in [0.15, 0.2) is 0 Å². The van der Waals surface area contributed by atoms with Crippen LogP contribution in [0.25, 0.3) is 0 Å². The lowest BCUT2D eigenvalue weighted by Gasteiger charge is -2.36. The number of carbonyl (C=O) groups excluding carboxylic acids is 2. The number of piperazine rings is 1. The molecule has 0 atom stereocenters. The largest absolute Gasteiger partial charge is 0.368 e. The minimum Gasteiger partial charge on any atom is -0.368 e. The van der Waals surface area contributed by atoms with E-state index in [4.69, 9.17) is 5.84 Å². The molecular formula is C15H22N4O2. The van der Waals surface area contributed by atoms with Gasteiger partial charge in [0.25, 0.3) is 0 Å². The Morgan fingerprint density at radius 2 is 1.90 bits per heavy atom. The quantitative estimate of drug-likeness (QED) is 0.478. The van der Waals surface area contributed by atoms with Crippen molar-refractivity contribution in [2.45, 2.75) is 19.8 Å². The number of benzene rings is 1. The van der Waals surface area contributed by atoms with Crippen molar-refractivity contribution in [3.8, 4) is 0 Å². The number of nitrogens with zero attached hydrogens (tertiary/aromatic N) is 2. The first-order chi connectivity index (χ1) is 10.1. The molecule has 0 aromatic heterocycles. The predicted octanol–water partition coefficient (Wildman–Crippen LogP) is 0.414. The molecule has 1 aromatic carbocycles. The van der Waals surface area contributed by atoms with Crippen molar-refractivity contribution in [2.24, 2.45) is 5.84 Å². The monoisotopic (exact) mass is 290 g/mol. The van der Waals surface area contributed by atoms with Gasteiger partial charge < -0.3 is 9.80 Å². The predicted molar refractivity (Wildman–Crippen MR) is 81.5 cm³/mol. The summed E-state index contributed by atoms with van der Waals surface area (Å²) < 4.78 is 0. The van der Waals surface area contributed by atoms with E-state index in [1.807, 2.05) is 16.4 Å². The van der Waals surface area contributed by atoms with E-state index in [1.165, 1.54) is 11.3 Å². The van der Waals surface area contributed by atoms with Gasteiger partial charge in [-0.2, -0.15) is 0 Å². The fourth-order valence-electron chi connectivity index (χ4n) is 2.49. The van der Waals surface area contributed by atoms with Crippen LogP contribution in [0.3, 0.4) is 0 Å². The Balaban J connectivity index is 1.83. The molecule has 1 aliphatic heterocycles. The summed E-state index contributed by atoms with van der Waals surface area (Å²) in [6.07, 6.45) is 0.362. The first-order valence-corrected chi connectivity index (χ1v) is 7.19. The normalized spacial score (nSPS) is 15.0. The molecule has 2 rings (SSSR count). The van der Waals surface area contributed by atoms with Gasteiger partial charge in [0, 0.05) is 44.7 Å². The number of carbonyl (C=O) groups is 2. The van der Waals surface area contributed by atoms with Crippen LogP contribution in [-0.2, 0) is 9.59 Å². The lowest BCUT2D eigenvalue weighted by atomic mass is 10.2. The Morgan fingerprint density at radius 1 is 1.19 bits per heavy atom.